The van der Waals surface area contributed by atoms with Gasteiger partial charge in [0.1, 0.15) is 25.1 Å². The van der Waals surface area contributed by atoms with Gasteiger partial charge in [0.15, 0.2) is 16.7 Å². The first-order valence-corrected chi connectivity index (χ1v) is 10.9. The number of nitrogens with one attached hydrogen (secondary N) is 1. The van der Waals surface area contributed by atoms with E-state index in [2.05, 4.69) is 15.3 Å². The van der Waals surface area contributed by atoms with Gasteiger partial charge >= 0.3 is 0 Å². The zero-order chi connectivity index (χ0) is 21.5. The van der Waals surface area contributed by atoms with Crippen LogP contribution in [-0.2, 0) is 9.59 Å². The van der Waals surface area contributed by atoms with Crippen molar-refractivity contribution in [1.29, 1.82) is 0 Å². The Morgan fingerprint density at radius 1 is 1.19 bits per heavy atom. The average molecular weight is 436 g/mol. The summed E-state index contributed by atoms with van der Waals surface area (Å²) >= 11 is 1.23. The number of amidine groups is 2. The Balaban J connectivity index is 1.35. The van der Waals surface area contributed by atoms with Crippen molar-refractivity contribution < 1.29 is 19.1 Å². The summed E-state index contributed by atoms with van der Waals surface area (Å²) in [7, 11) is 0. The van der Waals surface area contributed by atoms with Crippen LogP contribution < -0.4 is 14.8 Å². The first kappa shape index (κ1) is 19.6. The molecule has 0 aliphatic carbocycles. The Labute approximate surface area is 183 Å². The minimum atomic E-state index is -0.498. The highest BCUT2D eigenvalue weighted by Gasteiger charge is 2.40. The number of hydrogen-bond acceptors (Lipinski definition) is 7. The van der Waals surface area contributed by atoms with E-state index in [-0.39, 0.29) is 11.8 Å². The van der Waals surface area contributed by atoms with Crippen molar-refractivity contribution >= 4 is 46.0 Å². The van der Waals surface area contributed by atoms with Gasteiger partial charge in [-0.3, -0.25) is 14.6 Å². The number of carbonyl (C=O) groups is 2. The van der Waals surface area contributed by atoms with E-state index in [1.807, 2.05) is 24.3 Å². The van der Waals surface area contributed by atoms with E-state index in [0.717, 1.165) is 11.3 Å². The van der Waals surface area contributed by atoms with Crippen LogP contribution in [0.1, 0.15) is 19.4 Å². The number of hydrogen-bond donors (Lipinski definition) is 1. The third kappa shape index (κ3) is 3.54. The van der Waals surface area contributed by atoms with Crippen LogP contribution in [0, 0.1) is 0 Å². The molecule has 9 heteroatoms. The number of benzene rings is 2. The lowest BCUT2D eigenvalue weighted by molar-refractivity contribution is -0.124. The number of fused-ring (bicyclic) bond motifs is 4. The lowest BCUT2D eigenvalue weighted by Crippen LogP contribution is -2.41. The van der Waals surface area contributed by atoms with Crippen LogP contribution in [0.2, 0.25) is 0 Å². The molecule has 31 heavy (non-hydrogen) atoms. The number of ether oxygens (including phenoxy) is 2. The second-order valence-corrected chi connectivity index (χ2v) is 8.63. The predicted molar refractivity (Wildman–Crippen MR) is 119 cm³/mol. The second-order valence-electron chi connectivity index (χ2n) is 7.32. The Morgan fingerprint density at radius 3 is 2.81 bits per heavy atom. The molecule has 1 N–H and O–H groups in total. The van der Waals surface area contributed by atoms with Gasteiger partial charge in [-0.05, 0) is 38.1 Å². The number of amides is 2. The number of aliphatic imine (C=N–C) groups is 2. The summed E-state index contributed by atoms with van der Waals surface area (Å²) < 4.78 is 11.1. The molecule has 8 nitrogen and oxygen atoms in total. The normalized spacial score (nSPS) is 19.7. The van der Waals surface area contributed by atoms with Crippen molar-refractivity contribution in [2.75, 3.05) is 18.5 Å². The number of carbonyl (C=O) groups excluding carboxylic acids is 2. The molecule has 0 saturated heterocycles. The molecule has 5 rings (SSSR count). The van der Waals surface area contributed by atoms with Gasteiger partial charge < -0.3 is 14.8 Å². The standard InChI is InChI=1S/C22H20N4O4S/c1-12-21(28)26-19(23-12)15-5-3-4-6-16(15)25-22(26)31-13(2)20(27)24-14-7-8-17-18(11-14)30-10-9-29-17/h3-8,11-13H,9-10H2,1-2H3,(H,24,27). The maximum absolute atomic E-state index is 12.8. The molecule has 2 unspecified atom stereocenters. The van der Waals surface area contributed by atoms with Crippen LogP contribution in [0.4, 0.5) is 11.4 Å². The summed E-state index contributed by atoms with van der Waals surface area (Å²) in [5.74, 6) is 1.51. The zero-order valence-corrected chi connectivity index (χ0v) is 17.8. The van der Waals surface area contributed by atoms with Gasteiger partial charge in [0.25, 0.3) is 5.91 Å². The van der Waals surface area contributed by atoms with Crippen LogP contribution >= 0.6 is 11.8 Å². The highest BCUT2D eigenvalue weighted by Crippen LogP contribution is 2.35. The van der Waals surface area contributed by atoms with E-state index in [4.69, 9.17) is 9.47 Å². The van der Waals surface area contributed by atoms with E-state index in [0.29, 0.717) is 41.4 Å². The summed E-state index contributed by atoms with van der Waals surface area (Å²) in [5.41, 5.74) is 2.17. The summed E-state index contributed by atoms with van der Waals surface area (Å²) in [5, 5.41) is 2.85. The first-order valence-electron chi connectivity index (χ1n) is 9.98. The molecule has 0 aromatic heterocycles. The molecule has 3 aliphatic rings. The molecule has 3 heterocycles. The molecule has 0 fully saturated rings. The Bertz CT molecular complexity index is 1150. The summed E-state index contributed by atoms with van der Waals surface area (Å²) in [4.78, 5) is 36.3. The quantitative estimate of drug-likeness (QED) is 0.798. The van der Waals surface area contributed by atoms with Gasteiger partial charge in [-0.15, -0.1) is 0 Å². The minimum Gasteiger partial charge on any atom is -0.486 e. The minimum absolute atomic E-state index is 0.143. The summed E-state index contributed by atoms with van der Waals surface area (Å²) in [6, 6.07) is 12.4. The fourth-order valence-electron chi connectivity index (χ4n) is 3.53. The van der Waals surface area contributed by atoms with Gasteiger partial charge in [-0.1, -0.05) is 23.9 Å². The fraction of sp³-hybridized carbons (Fsp3) is 0.273. The molecule has 0 radical (unpaired) electrons. The lowest BCUT2D eigenvalue weighted by atomic mass is 10.1. The number of anilines is 1. The van der Waals surface area contributed by atoms with Gasteiger partial charge in [0.2, 0.25) is 5.91 Å². The number of rotatable bonds is 3. The van der Waals surface area contributed by atoms with Crippen LogP contribution in [0.25, 0.3) is 0 Å². The predicted octanol–water partition coefficient (Wildman–Crippen LogP) is 3.20. The third-order valence-electron chi connectivity index (χ3n) is 5.12. The average Bonchev–Trinajstić information content (AvgIpc) is 3.08. The van der Waals surface area contributed by atoms with Gasteiger partial charge in [0, 0.05) is 17.3 Å². The molecule has 158 valence electrons. The van der Waals surface area contributed by atoms with Crippen molar-refractivity contribution in [3.63, 3.8) is 0 Å². The van der Waals surface area contributed by atoms with Crippen molar-refractivity contribution in [3.8, 4) is 11.5 Å². The number of para-hydroxylation sites is 1. The molecule has 2 aromatic carbocycles. The molecule has 0 bridgehead atoms. The van der Waals surface area contributed by atoms with Gasteiger partial charge in [-0.2, -0.15) is 0 Å². The Kier molecular flexibility index (Phi) is 4.90. The Hall–Kier alpha value is -3.33. The second kappa shape index (κ2) is 7.73. The van der Waals surface area contributed by atoms with Crippen molar-refractivity contribution in [1.82, 2.24) is 4.90 Å². The van der Waals surface area contributed by atoms with E-state index in [1.54, 1.807) is 32.0 Å². The molecule has 2 aromatic rings. The smallest absolute Gasteiger partial charge is 0.258 e. The van der Waals surface area contributed by atoms with E-state index in [9.17, 15) is 9.59 Å². The van der Waals surface area contributed by atoms with E-state index >= 15 is 0 Å². The number of nitrogens with zero attached hydrogens (tertiary/aromatic N) is 3. The largest absolute Gasteiger partial charge is 0.486 e. The van der Waals surface area contributed by atoms with Crippen LogP contribution in [0.3, 0.4) is 0 Å². The van der Waals surface area contributed by atoms with Crippen molar-refractivity contribution in [3.05, 3.63) is 48.0 Å². The fourth-order valence-corrected chi connectivity index (χ4v) is 4.45. The maximum atomic E-state index is 12.8. The lowest BCUT2D eigenvalue weighted by Gasteiger charge is -2.26. The topological polar surface area (TPSA) is 92.6 Å². The molecule has 0 saturated carbocycles. The third-order valence-corrected chi connectivity index (χ3v) is 6.17. The maximum Gasteiger partial charge on any atom is 0.258 e. The van der Waals surface area contributed by atoms with Crippen molar-refractivity contribution in [2.45, 2.75) is 25.1 Å². The van der Waals surface area contributed by atoms with Gasteiger partial charge in [-0.25, -0.2) is 9.89 Å². The molecule has 2 amide bonds. The van der Waals surface area contributed by atoms with E-state index in [1.165, 1.54) is 16.7 Å². The monoisotopic (exact) mass is 436 g/mol. The highest BCUT2D eigenvalue weighted by molar-refractivity contribution is 8.15. The summed E-state index contributed by atoms with van der Waals surface area (Å²) in [6.07, 6.45) is 0. The van der Waals surface area contributed by atoms with Crippen LogP contribution in [0.5, 0.6) is 11.5 Å². The van der Waals surface area contributed by atoms with Crippen molar-refractivity contribution in [2.24, 2.45) is 9.98 Å². The zero-order valence-electron chi connectivity index (χ0n) is 17.0. The molecular weight excluding hydrogens is 416 g/mol. The van der Waals surface area contributed by atoms with Gasteiger partial charge in [0.05, 0.1) is 10.9 Å². The van der Waals surface area contributed by atoms with Crippen LogP contribution in [0.15, 0.2) is 52.4 Å². The molecule has 0 spiro atoms. The molecule has 2 atom stereocenters. The SMILES string of the molecule is CC1N=C2c3ccccc3N=C(SC(C)C(=O)Nc3ccc4c(c3)OCCO4)N2C1=O. The Morgan fingerprint density at radius 2 is 1.97 bits per heavy atom. The molecular formula is C22H20N4O4S. The number of thioether (sulfide) groups is 1. The molecule has 3 aliphatic heterocycles. The summed E-state index contributed by atoms with van der Waals surface area (Å²) in [6.45, 7) is 4.53. The first-order chi connectivity index (χ1) is 15.0. The highest BCUT2D eigenvalue weighted by atomic mass is 32.2. The van der Waals surface area contributed by atoms with Crippen LogP contribution in [-0.4, -0.2) is 52.2 Å². The van der Waals surface area contributed by atoms with E-state index < -0.39 is 11.3 Å².